The zero-order valence-corrected chi connectivity index (χ0v) is 17.6. The highest BCUT2D eigenvalue weighted by Crippen LogP contribution is 2.24. The molecule has 1 aliphatic heterocycles. The minimum Gasteiger partial charge on any atom is -0.497 e. The number of hydrogen-bond acceptors (Lipinski definition) is 5. The molecule has 1 aromatic heterocycles. The molecule has 1 saturated heterocycles. The van der Waals surface area contributed by atoms with Gasteiger partial charge in [-0.2, -0.15) is 0 Å². The fourth-order valence-corrected chi connectivity index (χ4v) is 3.97. The number of aryl methyl sites for hydroxylation is 1. The number of nitrogens with one attached hydrogen (secondary N) is 1. The Morgan fingerprint density at radius 1 is 1.10 bits per heavy atom. The Morgan fingerprint density at radius 2 is 1.83 bits per heavy atom. The average Bonchev–Trinajstić information content (AvgIpc) is 2.79. The summed E-state index contributed by atoms with van der Waals surface area (Å²) in [4.78, 5) is 24.2. The summed E-state index contributed by atoms with van der Waals surface area (Å²) < 4.78 is 5.18. The van der Waals surface area contributed by atoms with Gasteiger partial charge in [-0.3, -0.25) is 4.79 Å². The smallest absolute Gasteiger partial charge is 0.226 e. The third kappa shape index (κ3) is 4.53. The number of anilines is 1. The normalized spacial score (nSPS) is 14.7. The molecule has 6 nitrogen and oxygen atoms in total. The van der Waals surface area contributed by atoms with E-state index in [1.165, 1.54) is 5.56 Å². The first-order valence-electron chi connectivity index (χ1n) is 10.5. The lowest BCUT2D eigenvalue weighted by Crippen LogP contribution is -2.41. The Labute approximate surface area is 177 Å². The molecule has 2 aromatic carbocycles. The molecule has 0 aliphatic carbocycles. The molecule has 0 saturated carbocycles. The summed E-state index contributed by atoms with van der Waals surface area (Å²) >= 11 is 0. The average molecular weight is 405 g/mol. The lowest BCUT2D eigenvalue weighted by Gasteiger charge is -2.31. The number of fused-ring (bicyclic) bond motifs is 1. The van der Waals surface area contributed by atoms with Gasteiger partial charge in [-0.1, -0.05) is 30.3 Å². The number of methoxy groups -OCH3 is 1. The molecule has 0 atom stereocenters. The third-order valence-corrected chi connectivity index (χ3v) is 5.80. The quantitative estimate of drug-likeness (QED) is 0.681. The highest BCUT2D eigenvalue weighted by molar-refractivity contribution is 5.82. The van der Waals surface area contributed by atoms with Gasteiger partial charge >= 0.3 is 0 Å². The maximum Gasteiger partial charge on any atom is 0.226 e. The summed E-state index contributed by atoms with van der Waals surface area (Å²) in [5, 5.41) is 4.19. The standard InChI is InChI=1S/C24H28N4O2/c1-17-21-5-3-4-6-22(21)27-24(26-17)28-15-12-19(13-16-28)23(29)25-14-11-18-7-9-20(30-2)10-8-18/h3-10,19H,11-16H2,1-2H3,(H,25,29). The second kappa shape index (κ2) is 9.11. The largest absolute Gasteiger partial charge is 0.497 e. The molecule has 6 heteroatoms. The first-order chi connectivity index (χ1) is 14.6. The molecule has 156 valence electrons. The molecule has 0 radical (unpaired) electrons. The van der Waals surface area contributed by atoms with E-state index < -0.39 is 0 Å². The lowest BCUT2D eigenvalue weighted by molar-refractivity contribution is -0.125. The number of para-hydroxylation sites is 1. The predicted molar refractivity (Wildman–Crippen MR) is 119 cm³/mol. The Bertz CT molecular complexity index is 1010. The fourth-order valence-electron chi connectivity index (χ4n) is 3.97. The molecular formula is C24H28N4O2. The van der Waals surface area contributed by atoms with Crippen LogP contribution in [0.4, 0.5) is 5.95 Å². The molecular weight excluding hydrogens is 376 g/mol. The van der Waals surface area contributed by atoms with Crippen molar-refractivity contribution in [2.24, 2.45) is 5.92 Å². The van der Waals surface area contributed by atoms with Crippen LogP contribution in [0.5, 0.6) is 5.75 Å². The van der Waals surface area contributed by atoms with Crippen molar-refractivity contribution in [3.8, 4) is 5.75 Å². The summed E-state index contributed by atoms with van der Waals surface area (Å²) in [5.74, 6) is 1.82. The van der Waals surface area contributed by atoms with Crippen LogP contribution < -0.4 is 15.0 Å². The van der Waals surface area contributed by atoms with Crippen molar-refractivity contribution in [1.29, 1.82) is 0 Å². The number of benzene rings is 2. The number of carbonyl (C=O) groups is 1. The van der Waals surface area contributed by atoms with Crippen molar-refractivity contribution < 1.29 is 9.53 Å². The molecule has 1 amide bonds. The van der Waals surface area contributed by atoms with Crippen LogP contribution in [0.3, 0.4) is 0 Å². The number of aromatic nitrogens is 2. The number of rotatable bonds is 6. The van der Waals surface area contributed by atoms with Crippen LogP contribution in [0, 0.1) is 12.8 Å². The zero-order valence-electron chi connectivity index (χ0n) is 17.6. The predicted octanol–water partition coefficient (Wildman–Crippen LogP) is 3.52. The van der Waals surface area contributed by atoms with E-state index in [0.29, 0.717) is 6.54 Å². The second-order valence-electron chi connectivity index (χ2n) is 7.78. The summed E-state index contributed by atoms with van der Waals surface area (Å²) in [6.45, 7) is 4.28. The first-order valence-corrected chi connectivity index (χ1v) is 10.5. The van der Waals surface area contributed by atoms with Gasteiger partial charge < -0.3 is 15.0 Å². The summed E-state index contributed by atoms with van der Waals surface area (Å²) in [5.41, 5.74) is 3.15. The molecule has 2 heterocycles. The van der Waals surface area contributed by atoms with E-state index in [9.17, 15) is 4.79 Å². The van der Waals surface area contributed by atoms with Crippen LogP contribution in [0.25, 0.3) is 10.9 Å². The summed E-state index contributed by atoms with van der Waals surface area (Å²) in [6.07, 6.45) is 2.46. The van der Waals surface area contributed by atoms with Gasteiger partial charge in [-0.25, -0.2) is 9.97 Å². The SMILES string of the molecule is COc1ccc(CCNC(=O)C2CCN(c3nc(C)c4ccccc4n3)CC2)cc1. The van der Waals surface area contributed by atoms with Crippen LogP contribution in [-0.4, -0.2) is 42.6 Å². The van der Waals surface area contributed by atoms with E-state index in [1.54, 1.807) is 7.11 Å². The van der Waals surface area contributed by atoms with E-state index >= 15 is 0 Å². The van der Waals surface area contributed by atoms with Crippen LogP contribution in [0.1, 0.15) is 24.1 Å². The van der Waals surface area contributed by atoms with Gasteiger partial charge in [0.2, 0.25) is 11.9 Å². The second-order valence-corrected chi connectivity index (χ2v) is 7.78. The van der Waals surface area contributed by atoms with Gasteiger partial charge in [-0.15, -0.1) is 0 Å². The monoisotopic (exact) mass is 404 g/mol. The molecule has 1 N–H and O–H groups in total. The molecule has 0 unspecified atom stereocenters. The van der Waals surface area contributed by atoms with Gasteiger partial charge in [0.15, 0.2) is 0 Å². The minimum absolute atomic E-state index is 0.0543. The summed E-state index contributed by atoms with van der Waals surface area (Å²) in [6, 6.07) is 16.1. The Morgan fingerprint density at radius 3 is 2.57 bits per heavy atom. The van der Waals surface area contributed by atoms with E-state index in [2.05, 4.69) is 16.3 Å². The Kier molecular flexibility index (Phi) is 6.12. The van der Waals surface area contributed by atoms with Gasteiger partial charge in [-0.05, 0) is 49.9 Å². The highest BCUT2D eigenvalue weighted by Gasteiger charge is 2.26. The van der Waals surface area contributed by atoms with Crippen LogP contribution in [0.2, 0.25) is 0 Å². The van der Waals surface area contributed by atoms with Crippen LogP contribution in [0.15, 0.2) is 48.5 Å². The van der Waals surface area contributed by atoms with Crippen molar-refractivity contribution >= 4 is 22.8 Å². The molecule has 1 aliphatic rings. The van der Waals surface area contributed by atoms with Crippen molar-refractivity contribution in [3.05, 3.63) is 59.8 Å². The Balaban J connectivity index is 1.28. The molecule has 0 spiro atoms. The highest BCUT2D eigenvalue weighted by atomic mass is 16.5. The van der Waals surface area contributed by atoms with E-state index in [4.69, 9.17) is 14.7 Å². The number of hydrogen-bond donors (Lipinski definition) is 1. The van der Waals surface area contributed by atoms with Gasteiger partial charge in [0.1, 0.15) is 5.75 Å². The minimum atomic E-state index is 0.0543. The van der Waals surface area contributed by atoms with Gasteiger partial charge in [0.05, 0.1) is 18.3 Å². The molecule has 0 bridgehead atoms. The van der Waals surface area contributed by atoms with Gasteiger partial charge in [0, 0.05) is 30.9 Å². The first kappa shape index (κ1) is 20.1. The number of piperidine rings is 1. The van der Waals surface area contributed by atoms with E-state index in [0.717, 1.165) is 60.6 Å². The number of ether oxygens (including phenoxy) is 1. The molecule has 4 rings (SSSR count). The van der Waals surface area contributed by atoms with Crippen LogP contribution >= 0.6 is 0 Å². The maximum atomic E-state index is 12.6. The lowest BCUT2D eigenvalue weighted by atomic mass is 9.96. The van der Waals surface area contributed by atoms with E-state index in [-0.39, 0.29) is 11.8 Å². The van der Waals surface area contributed by atoms with Crippen LogP contribution in [-0.2, 0) is 11.2 Å². The molecule has 30 heavy (non-hydrogen) atoms. The summed E-state index contributed by atoms with van der Waals surface area (Å²) in [7, 11) is 1.66. The van der Waals surface area contributed by atoms with Gasteiger partial charge in [0.25, 0.3) is 0 Å². The number of carbonyl (C=O) groups excluding carboxylic acids is 1. The van der Waals surface area contributed by atoms with Crippen molar-refractivity contribution in [1.82, 2.24) is 15.3 Å². The van der Waals surface area contributed by atoms with Crippen molar-refractivity contribution in [3.63, 3.8) is 0 Å². The molecule has 1 fully saturated rings. The third-order valence-electron chi connectivity index (χ3n) is 5.80. The van der Waals surface area contributed by atoms with Crippen molar-refractivity contribution in [2.45, 2.75) is 26.2 Å². The fraction of sp³-hybridized carbons (Fsp3) is 0.375. The topological polar surface area (TPSA) is 67.3 Å². The maximum absolute atomic E-state index is 12.6. The number of amides is 1. The van der Waals surface area contributed by atoms with E-state index in [1.807, 2.05) is 49.4 Å². The zero-order chi connectivity index (χ0) is 20.9. The number of nitrogens with zero attached hydrogens (tertiary/aromatic N) is 3. The molecule has 3 aromatic rings. The Hall–Kier alpha value is -3.15. The van der Waals surface area contributed by atoms with Crippen molar-refractivity contribution in [2.75, 3.05) is 31.6 Å².